The molecule has 0 aliphatic heterocycles. The number of ketones is 1. The van der Waals surface area contributed by atoms with E-state index in [1.807, 2.05) is 0 Å². The number of nitrogens with zero attached hydrogens (tertiary/aromatic N) is 1. The van der Waals surface area contributed by atoms with Crippen molar-refractivity contribution in [3.05, 3.63) is 52.7 Å². The van der Waals surface area contributed by atoms with Crippen LogP contribution in [-0.4, -0.2) is 10.8 Å². The number of carbonyl (C=O) groups excluding carboxylic acids is 1. The lowest BCUT2D eigenvalue weighted by Crippen LogP contribution is -2.00. The first-order valence-electron chi connectivity index (χ1n) is 3.97. The topological polar surface area (TPSA) is 43.1 Å². The Balaban J connectivity index is 2.39. The van der Waals surface area contributed by atoms with Crippen molar-refractivity contribution in [1.29, 1.82) is 0 Å². The van der Waals surface area contributed by atoms with Gasteiger partial charge in [-0.25, -0.2) is 0 Å². The zero-order chi connectivity index (χ0) is 9.97. The van der Waals surface area contributed by atoms with Gasteiger partial charge in [0.15, 0.2) is 5.76 Å². The molecule has 0 N–H and O–H groups in total. The monoisotopic (exact) mass is 251 g/mol. The van der Waals surface area contributed by atoms with Gasteiger partial charge in [-0.05, 0) is 34.1 Å². The van der Waals surface area contributed by atoms with Crippen molar-refractivity contribution in [1.82, 2.24) is 4.98 Å². The van der Waals surface area contributed by atoms with Gasteiger partial charge in [0.05, 0.1) is 10.7 Å². The molecule has 0 aromatic carbocycles. The van der Waals surface area contributed by atoms with Crippen molar-refractivity contribution in [2.24, 2.45) is 0 Å². The molecule has 2 heterocycles. The standard InChI is InChI=1S/C10H6BrNO2/c11-8-3-5-14-10(8)9(13)7-2-1-4-12-6-7/h1-6H. The van der Waals surface area contributed by atoms with Crippen molar-refractivity contribution in [3.8, 4) is 0 Å². The predicted octanol–water partition coefficient (Wildman–Crippen LogP) is 2.67. The molecule has 14 heavy (non-hydrogen) atoms. The van der Waals surface area contributed by atoms with Gasteiger partial charge in [-0.2, -0.15) is 0 Å². The molecule has 0 radical (unpaired) electrons. The fourth-order valence-corrected chi connectivity index (χ4v) is 1.47. The van der Waals surface area contributed by atoms with E-state index < -0.39 is 0 Å². The van der Waals surface area contributed by atoms with E-state index in [0.29, 0.717) is 15.8 Å². The van der Waals surface area contributed by atoms with E-state index in [2.05, 4.69) is 20.9 Å². The largest absolute Gasteiger partial charge is 0.460 e. The Bertz CT molecular complexity index is 450. The predicted molar refractivity (Wildman–Crippen MR) is 54.1 cm³/mol. The van der Waals surface area contributed by atoms with Gasteiger partial charge in [-0.15, -0.1) is 0 Å². The summed E-state index contributed by atoms with van der Waals surface area (Å²) in [6.07, 6.45) is 4.60. The van der Waals surface area contributed by atoms with Crippen LogP contribution in [0.3, 0.4) is 0 Å². The van der Waals surface area contributed by atoms with Gasteiger partial charge < -0.3 is 4.42 Å². The lowest BCUT2D eigenvalue weighted by Gasteiger charge is -1.96. The summed E-state index contributed by atoms with van der Waals surface area (Å²) in [5.41, 5.74) is 0.517. The summed E-state index contributed by atoms with van der Waals surface area (Å²) < 4.78 is 5.71. The van der Waals surface area contributed by atoms with Crippen LogP contribution in [0.4, 0.5) is 0 Å². The normalized spacial score (nSPS) is 10.1. The summed E-state index contributed by atoms with van der Waals surface area (Å²) in [7, 11) is 0. The number of pyridine rings is 1. The molecule has 0 amide bonds. The summed E-state index contributed by atoms with van der Waals surface area (Å²) in [4.78, 5) is 15.6. The third-order valence-corrected chi connectivity index (χ3v) is 2.37. The number of hydrogen-bond donors (Lipinski definition) is 0. The molecule has 2 aromatic rings. The summed E-state index contributed by atoms with van der Waals surface area (Å²) in [6, 6.07) is 5.10. The van der Waals surface area contributed by atoms with E-state index in [4.69, 9.17) is 4.42 Å². The van der Waals surface area contributed by atoms with Crippen molar-refractivity contribution in [2.45, 2.75) is 0 Å². The van der Waals surface area contributed by atoms with Gasteiger partial charge in [-0.1, -0.05) is 0 Å². The van der Waals surface area contributed by atoms with Crippen LogP contribution in [0, 0.1) is 0 Å². The molecular weight excluding hydrogens is 246 g/mol. The molecule has 0 saturated carbocycles. The van der Waals surface area contributed by atoms with E-state index in [1.54, 1.807) is 24.4 Å². The fraction of sp³-hybridized carbons (Fsp3) is 0. The fourth-order valence-electron chi connectivity index (χ4n) is 1.08. The Morgan fingerprint density at radius 1 is 1.43 bits per heavy atom. The third-order valence-electron chi connectivity index (χ3n) is 1.75. The highest BCUT2D eigenvalue weighted by Gasteiger charge is 2.15. The minimum atomic E-state index is -0.171. The first-order valence-corrected chi connectivity index (χ1v) is 4.76. The minimum Gasteiger partial charge on any atom is -0.460 e. The van der Waals surface area contributed by atoms with Crippen LogP contribution < -0.4 is 0 Å². The molecule has 0 saturated heterocycles. The van der Waals surface area contributed by atoms with E-state index in [0.717, 1.165) is 0 Å². The van der Waals surface area contributed by atoms with E-state index >= 15 is 0 Å². The van der Waals surface area contributed by atoms with Gasteiger partial charge in [0.2, 0.25) is 5.78 Å². The summed E-state index contributed by atoms with van der Waals surface area (Å²) in [5, 5.41) is 0. The molecule has 2 rings (SSSR count). The minimum absolute atomic E-state index is 0.171. The zero-order valence-electron chi connectivity index (χ0n) is 7.11. The second-order valence-electron chi connectivity index (χ2n) is 2.67. The van der Waals surface area contributed by atoms with Crippen molar-refractivity contribution < 1.29 is 9.21 Å². The van der Waals surface area contributed by atoms with Gasteiger partial charge in [0, 0.05) is 18.0 Å². The Kier molecular flexibility index (Phi) is 2.45. The smallest absolute Gasteiger partial charge is 0.230 e. The molecule has 0 bridgehead atoms. The highest BCUT2D eigenvalue weighted by molar-refractivity contribution is 9.10. The van der Waals surface area contributed by atoms with Gasteiger partial charge in [-0.3, -0.25) is 9.78 Å². The second kappa shape index (κ2) is 3.75. The molecule has 0 unspecified atom stereocenters. The molecule has 2 aromatic heterocycles. The highest BCUT2D eigenvalue weighted by Crippen LogP contribution is 2.20. The Morgan fingerprint density at radius 2 is 2.29 bits per heavy atom. The number of rotatable bonds is 2. The van der Waals surface area contributed by atoms with Crippen LogP contribution in [0.1, 0.15) is 16.1 Å². The SMILES string of the molecule is O=C(c1cccnc1)c1occc1Br. The molecule has 0 fully saturated rings. The molecule has 0 atom stereocenters. The average Bonchev–Trinajstić information content (AvgIpc) is 2.65. The van der Waals surface area contributed by atoms with Crippen LogP contribution in [0.5, 0.6) is 0 Å². The zero-order valence-corrected chi connectivity index (χ0v) is 8.69. The van der Waals surface area contributed by atoms with Crippen LogP contribution in [0.25, 0.3) is 0 Å². The molecule has 0 spiro atoms. The van der Waals surface area contributed by atoms with Gasteiger partial charge in [0.25, 0.3) is 0 Å². The van der Waals surface area contributed by atoms with Crippen LogP contribution in [-0.2, 0) is 0 Å². The molecule has 0 aliphatic rings. The Hall–Kier alpha value is -1.42. The van der Waals surface area contributed by atoms with Crippen molar-refractivity contribution >= 4 is 21.7 Å². The van der Waals surface area contributed by atoms with Crippen LogP contribution in [0.15, 0.2) is 45.7 Å². The summed E-state index contributed by atoms with van der Waals surface area (Å²) in [6.45, 7) is 0. The van der Waals surface area contributed by atoms with Crippen molar-refractivity contribution in [3.63, 3.8) is 0 Å². The Morgan fingerprint density at radius 3 is 2.86 bits per heavy atom. The lowest BCUT2D eigenvalue weighted by atomic mass is 10.1. The van der Waals surface area contributed by atoms with Gasteiger partial charge >= 0.3 is 0 Å². The number of aromatic nitrogens is 1. The molecule has 0 aliphatic carbocycles. The number of furan rings is 1. The number of halogens is 1. The first-order chi connectivity index (χ1) is 6.79. The van der Waals surface area contributed by atoms with E-state index in [1.165, 1.54) is 12.5 Å². The average molecular weight is 252 g/mol. The van der Waals surface area contributed by atoms with Gasteiger partial charge in [0.1, 0.15) is 0 Å². The summed E-state index contributed by atoms with van der Waals surface area (Å²) in [5.74, 6) is 0.132. The maximum atomic E-state index is 11.8. The highest BCUT2D eigenvalue weighted by atomic mass is 79.9. The second-order valence-corrected chi connectivity index (χ2v) is 3.52. The van der Waals surface area contributed by atoms with E-state index in [9.17, 15) is 4.79 Å². The maximum absolute atomic E-state index is 11.8. The van der Waals surface area contributed by atoms with E-state index in [-0.39, 0.29) is 5.78 Å². The Labute approximate surface area is 88.9 Å². The molecule has 4 heteroatoms. The van der Waals surface area contributed by atoms with Crippen LogP contribution >= 0.6 is 15.9 Å². The molecular formula is C10H6BrNO2. The van der Waals surface area contributed by atoms with Crippen LogP contribution in [0.2, 0.25) is 0 Å². The summed E-state index contributed by atoms with van der Waals surface area (Å²) >= 11 is 3.23. The number of hydrogen-bond acceptors (Lipinski definition) is 3. The maximum Gasteiger partial charge on any atom is 0.230 e. The number of carbonyl (C=O) groups is 1. The lowest BCUT2D eigenvalue weighted by molar-refractivity contribution is 0.101. The quantitative estimate of drug-likeness (QED) is 0.771. The third kappa shape index (κ3) is 1.61. The molecule has 70 valence electrons. The van der Waals surface area contributed by atoms with Crippen molar-refractivity contribution in [2.75, 3.05) is 0 Å². The molecule has 3 nitrogen and oxygen atoms in total. The first kappa shape index (κ1) is 9.15.